The first-order valence-corrected chi connectivity index (χ1v) is 12.8. The molecule has 0 radical (unpaired) electrons. The van der Waals surface area contributed by atoms with Crippen molar-refractivity contribution >= 4 is 28.2 Å². The number of piperazine rings is 1. The summed E-state index contributed by atoms with van der Waals surface area (Å²) in [6.45, 7) is 4.11. The lowest BCUT2D eigenvalue weighted by Gasteiger charge is -2.34. The van der Waals surface area contributed by atoms with Crippen LogP contribution < -0.4 is 10.2 Å². The summed E-state index contributed by atoms with van der Waals surface area (Å²) >= 11 is 0. The van der Waals surface area contributed by atoms with Crippen molar-refractivity contribution < 1.29 is 18.0 Å². The molecule has 1 saturated carbocycles. The minimum atomic E-state index is -4.46. The second-order valence-electron chi connectivity index (χ2n) is 10.7. The van der Waals surface area contributed by atoms with Crippen molar-refractivity contribution in [2.75, 3.05) is 43.4 Å². The standard InChI is InChI=1S/C29H26F3N5O/c1-36-10-12-37(13-11-36)20-6-2-17(3-7-20)26-21-8-4-18(14-25(21)34-35-26)23-16-28(23)22-15-19(29(30,31)32)5-9-24(22)33-27(28)38/h2-9,14-15,23H,10-13,16H2,1H3,(H,33,38)(H,34,35). The van der Waals surface area contributed by atoms with Crippen LogP contribution in [0.25, 0.3) is 22.2 Å². The van der Waals surface area contributed by atoms with Gasteiger partial charge in [0.05, 0.1) is 22.2 Å². The molecule has 3 heterocycles. The van der Waals surface area contributed by atoms with E-state index in [1.165, 1.54) is 11.8 Å². The highest BCUT2D eigenvalue weighted by Gasteiger charge is 2.65. The predicted octanol–water partition coefficient (Wildman–Crippen LogP) is 5.38. The summed E-state index contributed by atoms with van der Waals surface area (Å²) in [5.41, 5.74) is 4.03. The largest absolute Gasteiger partial charge is 0.416 e. The number of alkyl halides is 3. The highest BCUT2D eigenvalue weighted by Crippen LogP contribution is 2.65. The molecule has 1 amide bonds. The molecule has 2 aliphatic heterocycles. The average molecular weight is 518 g/mol. The van der Waals surface area contributed by atoms with Gasteiger partial charge in [0, 0.05) is 54.4 Å². The molecule has 1 aromatic heterocycles. The van der Waals surface area contributed by atoms with E-state index in [1.807, 2.05) is 18.2 Å². The van der Waals surface area contributed by atoms with Gasteiger partial charge in [-0.05, 0) is 61.0 Å². The Balaban J connectivity index is 1.16. The van der Waals surface area contributed by atoms with Gasteiger partial charge in [-0.1, -0.05) is 24.3 Å². The number of carbonyl (C=O) groups excluding carboxylic acids is 1. The van der Waals surface area contributed by atoms with E-state index >= 15 is 0 Å². The van der Waals surface area contributed by atoms with Gasteiger partial charge >= 0.3 is 6.18 Å². The summed E-state index contributed by atoms with van der Waals surface area (Å²) in [6.07, 6.45) is -3.98. The number of anilines is 2. The summed E-state index contributed by atoms with van der Waals surface area (Å²) in [5.74, 6) is -0.422. The van der Waals surface area contributed by atoms with Gasteiger partial charge in [-0.25, -0.2) is 0 Å². The number of nitrogens with zero attached hydrogens (tertiary/aromatic N) is 3. The molecule has 3 aromatic carbocycles. The van der Waals surface area contributed by atoms with E-state index in [0.29, 0.717) is 17.7 Å². The maximum absolute atomic E-state index is 13.4. The second-order valence-corrected chi connectivity index (χ2v) is 10.7. The van der Waals surface area contributed by atoms with Crippen molar-refractivity contribution in [2.24, 2.45) is 0 Å². The molecular formula is C29H26F3N5O. The second kappa shape index (κ2) is 8.07. The maximum atomic E-state index is 13.4. The molecule has 38 heavy (non-hydrogen) atoms. The van der Waals surface area contributed by atoms with Crippen molar-refractivity contribution in [1.82, 2.24) is 15.1 Å². The van der Waals surface area contributed by atoms with Crippen LogP contribution in [0.4, 0.5) is 24.5 Å². The van der Waals surface area contributed by atoms with Crippen LogP contribution in [0, 0.1) is 0 Å². The minimum absolute atomic E-state index is 0.189. The Labute approximate surface area is 217 Å². The first-order valence-electron chi connectivity index (χ1n) is 12.8. The number of H-pyrrole nitrogens is 1. The number of fused-ring (bicyclic) bond motifs is 3. The fourth-order valence-electron chi connectivity index (χ4n) is 6.14. The zero-order valence-electron chi connectivity index (χ0n) is 20.8. The maximum Gasteiger partial charge on any atom is 0.416 e. The fourth-order valence-corrected chi connectivity index (χ4v) is 6.14. The van der Waals surface area contributed by atoms with E-state index < -0.39 is 17.2 Å². The van der Waals surface area contributed by atoms with E-state index in [-0.39, 0.29) is 11.8 Å². The van der Waals surface area contributed by atoms with E-state index in [2.05, 4.69) is 56.6 Å². The molecule has 0 bridgehead atoms. The smallest absolute Gasteiger partial charge is 0.369 e. The molecule has 1 spiro atoms. The Morgan fingerprint density at radius 1 is 0.974 bits per heavy atom. The van der Waals surface area contributed by atoms with Crippen LogP contribution in [0.15, 0.2) is 60.7 Å². The number of carbonyl (C=O) groups is 1. The zero-order chi connectivity index (χ0) is 26.2. The van der Waals surface area contributed by atoms with Gasteiger partial charge in [0.15, 0.2) is 0 Å². The fraction of sp³-hybridized carbons (Fsp3) is 0.310. The van der Waals surface area contributed by atoms with Crippen molar-refractivity contribution in [1.29, 1.82) is 0 Å². The van der Waals surface area contributed by atoms with Crippen LogP contribution in [-0.4, -0.2) is 54.2 Å². The third kappa shape index (κ3) is 3.52. The van der Waals surface area contributed by atoms with E-state index in [4.69, 9.17) is 0 Å². The van der Waals surface area contributed by atoms with Gasteiger partial charge in [0.2, 0.25) is 5.91 Å². The number of rotatable bonds is 3. The van der Waals surface area contributed by atoms with Gasteiger partial charge in [-0.3, -0.25) is 9.89 Å². The first kappa shape index (κ1) is 23.3. The zero-order valence-corrected chi connectivity index (χ0v) is 20.8. The minimum Gasteiger partial charge on any atom is -0.369 e. The summed E-state index contributed by atoms with van der Waals surface area (Å²) in [5, 5.41) is 11.4. The molecule has 2 atom stereocenters. The average Bonchev–Trinajstić information content (AvgIpc) is 3.43. The van der Waals surface area contributed by atoms with E-state index in [1.54, 1.807) is 0 Å². The third-order valence-electron chi connectivity index (χ3n) is 8.44. The van der Waals surface area contributed by atoms with Crippen molar-refractivity contribution in [2.45, 2.75) is 23.9 Å². The topological polar surface area (TPSA) is 64.3 Å². The van der Waals surface area contributed by atoms with Crippen molar-refractivity contribution in [3.8, 4) is 11.3 Å². The van der Waals surface area contributed by atoms with Crippen LogP contribution in [0.1, 0.15) is 29.0 Å². The van der Waals surface area contributed by atoms with E-state index in [0.717, 1.165) is 66.0 Å². The molecule has 2 N–H and O–H groups in total. The lowest BCUT2D eigenvalue weighted by atomic mass is 9.90. The predicted molar refractivity (Wildman–Crippen MR) is 140 cm³/mol. The summed E-state index contributed by atoms with van der Waals surface area (Å²) in [6, 6.07) is 17.9. The summed E-state index contributed by atoms with van der Waals surface area (Å²) in [7, 11) is 2.14. The Hall–Kier alpha value is -3.85. The number of nitrogens with one attached hydrogen (secondary N) is 2. The quantitative estimate of drug-likeness (QED) is 0.383. The molecule has 2 unspecified atom stereocenters. The number of aromatic nitrogens is 2. The van der Waals surface area contributed by atoms with E-state index in [9.17, 15) is 18.0 Å². The Kier molecular flexibility index (Phi) is 4.95. The molecule has 2 fully saturated rings. The summed E-state index contributed by atoms with van der Waals surface area (Å²) in [4.78, 5) is 17.7. The van der Waals surface area contributed by atoms with Gasteiger partial charge in [-0.2, -0.15) is 18.3 Å². The molecule has 1 aliphatic carbocycles. The van der Waals surface area contributed by atoms with Gasteiger partial charge in [0.1, 0.15) is 0 Å². The number of amides is 1. The lowest BCUT2D eigenvalue weighted by molar-refractivity contribution is -0.137. The lowest BCUT2D eigenvalue weighted by Crippen LogP contribution is -2.44. The monoisotopic (exact) mass is 517 g/mol. The molecule has 7 rings (SSSR count). The van der Waals surface area contributed by atoms with Gasteiger partial charge < -0.3 is 15.1 Å². The van der Waals surface area contributed by atoms with Crippen LogP contribution in [0.5, 0.6) is 0 Å². The highest BCUT2D eigenvalue weighted by atomic mass is 19.4. The molecule has 3 aliphatic rings. The number of halogens is 3. The van der Waals surface area contributed by atoms with Gasteiger partial charge in [0.25, 0.3) is 0 Å². The molecule has 4 aromatic rings. The SMILES string of the molecule is CN1CCN(c2ccc(-c3n[nH]c4cc(C5CC56C(=O)Nc5ccc(C(F)(F)F)cc56)ccc34)cc2)CC1. The van der Waals surface area contributed by atoms with Gasteiger partial charge in [-0.15, -0.1) is 0 Å². The number of likely N-dealkylation sites (N-methyl/N-ethyl adjacent to an activating group) is 1. The van der Waals surface area contributed by atoms with Crippen LogP contribution in [0.2, 0.25) is 0 Å². The molecule has 194 valence electrons. The third-order valence-corrected chi connectivity index (χ3v) is 8.44. The van der Waals surface area contributed by atoms with Crippen molar-refractivity contribution in [3.63, 3.8) is 0 Å². The number of hydrogen-bond acceptors (Lipinski definition) is 4. The highest BCUT2D eigenvalue weighted by molar-refractivity contribution is 6.10. The number of hydrogen-bond donors (Lipinski definition) is 2. The van der Waals surface area contributed by atoms with Crippen molar-refractivity contribution in [3.05, 3.63) is 77.4 Å². The molecular weight excluding hydrogens is 491 g/mol. The Morgan fingerprint density at radius 3 is 2.47 bits per heavy atom. The molecule has 1 saturated heterocycles. The van der Waals surface area contributed by atoms with Crippen LogP contribution >= 0.6 is 0 Å². The number of benzene rings is 3. The van der Waals surface area contributed by atoms with Crippen LogP contribution in [-0.2, 0) is 16.4 Å². The molecule has 9 heteroatoms. The normalized spacial score (nSPS) is 23.2. The Morgan fingerprint density at radius 2 is 1.74 bits per heavy atom. The molecule has 6 nitrogen and oxygen atoms in total. The number of aromatic amines is 1. The Bertz CT molecular complexity index is 1570. The summed E-state index contributed by atoms with van der Waals surface area (Å²) < 4.78 is 40.1. The first-order chi connectivity index (χ1) is 18.2. The van der Waals surface area contributed by atoms with Crippen LogP contribution in [0.3, 0.4) is 0 Å².